The van der Waals surface area contributed by atoms with Crippen LogP contribution in [0.2, 0.25) is 0 Å². The van der Waals surface area contributed by atoms with E-state index in [9.17, 15) is 4.79 Å². The lowest BCUT2D eigenvalue weighted by Crippen LogP contribution is -2.35. The van der Waals surface area contributed by atoms with Crippen molar-refractivity contribution >= 4 is 5.91 Å². The molecule has 0 spiro atoms. The van der Waals surface area contributed by atoms with Crippen LogP contribution in [0.3, 0.4) is 0 Å². The van der Waals surface area contributed by atoms with Crippen molar-refractivity contribution in [2.24, 2.45) is 0 Å². The summed E-state index contributed by atoms with van der Waals surface area (Å²) in [5.74, 6) is 1.01. The molecule has 1 aromatic rings. The van der Waals surface area contributed by atoms with E-state index in [1.807, 2.05) is 25.2 Å². The van der Waals surface area contributed by atoms with Crippen molar-refractivity contribution in [3.05, 3.63) is 29.8 Å². The molecule has 1 unspecified atom stereocenters. The van der Waals surface area contributed by atoms with Crippen molar-refractivity contribution in [3.63, 3.8) is 0 Å². The third kappa shape index (κ3) is 3.20. The van der Waals surface area contributed by atoms with Gasteiger partial charge in [0.05, 0.1) is 6.54 Å². The van der Waals surface area contributed by atoms with Crippen LogP contribution in [-0.2, 0) is 11.2 Å². The highest BCUT2D eigenvalue weighted by Crippen LogP contribution is 2.27. The minimum Gasteiger partial charge on any atom is -0.488 e. The Bertz CT molecular complexity index is 368. The number of carbonyl (C=O) groups is 1. The monoisotopic (exact) mass is 234 g/mol. The van der Waals surface area contributed by atoms with Crippen molar-refractivity contribution in [3.8, 4) is 5.75 Å². The van der Waals surface area contributed by atoms with Crippen LogP contribution in [0.1, 0.15) is 12.0 Å². The third-order valence-electron chi connectivity index (χ3n) is 2.84. The molecule has 0 saturated heterocycles. The number of hydrogen-bond acceptors (Lipinski definition) is 3. The third-order valence-corrected chi connectivity index (χ3v) is 2.84. The maximum atomic E-state index is 11.4. The van der Waals surface area contributed by atoms with Crippen molar-refractivity contribution in [2.45, 2.75) is 18.9 Å². The minimum atomic E-state index is 0.0684. The standard InChI is InChI=1S/C13H18N2O2/c1-14-7-6-13(16)15-9-11-8-10-4-2-3-5-12(10)17-11/h2-5,11,14H,6-9H2,1H3,(H,15,16). The Labute approximate surface area is 101 Å². The molecule has 2 N–H and O–H groups in total. The van der Waals surface area contributed by atoms with Crippen molar-refractivity contribution in [1.29, 1.82) is 0 Å². The molecule has 1 heterocycles. The van der Waals surface area contributed by atoms with E-state index in [1.165, 1.54) is 5.56 Å². The van der Waals surface area contributed by atoms with Gasteiger partial charge in [-0.15, -0.1) is 0 Å². The van der Waals surface area contributed by atoms with Gasteiger partial charge >= 0.3 is 0 Å². The second-order valence-corrected chi connectivity index (χ2v) is 4.21. The molecule has 0 radical (unpaired) electrons. The molecule has 1 atom stereocenters. The van der Waals surface area contributed by atoms with Gasteiger partial charge in [-0.3, -0.25) is 4.79 Å². The summed E-state index contributed by atoms with van der Waals surface area (Å²) < 4.78 is 5.73. The molecule has 0 saturated carbocycles. The highest BCUT2D eigenvalue weighted by atomic mass is 16.5. The number of ether oxygens (including phenoxy) is 1. The molecule has 0 fully saturated rings. The van der Waals surface area contributed by atoms with Gasteiger partial charge in [-0.25, -0.2) is 0 Å². The first-order valence-electron chi connectivity index (χ1n) is 5.95. The molecule has 92 valence electrons. The number of carbonyl (C=O) groups excluding carboxylic acids is 1. The molecule has 0 aliphatic carbocycles. The Hall–Kier alpha value is -1.55. The zero-order valence-corrected chi connectivity index (χ0v) is 10.0. The van der Waals surface area contributed by atoms with Gasteiger partial charge in [0.25, 0.3) is 0 Å². The van der Waals surface area contributed by atoms with Gasteiger partial charge in [-0.2, -0.15) is 0 Å². The minimum absolute atomic E-state index is 0.0684. The summed E-state index contributed by atoms with van der Waals surface area (Å²) in [4.78, 5) is 11.4. The second-order valence-electron chi connectivity index (χ2n) is 4.21. The van der Waals surface area contributed by atoms with Gasteiger partial charge in [0.1, 0.15) is 11.9 Å². The number of fused-ring (bicyclic) bond motifs is 1. The van der Waals surface area contributed by atoms with Gasteiger partial charge in [-0.05, 0) is 18.7 Å². The lowest BCUT2D eigenvalue weighted by molar-refractivity contribution is -0.121. The zero-order valence-electron chi connectivity index (χ0n) is 10.0. The average molecular weight is 234 g/mol. The molecular weight excluding hydrogens is 216 g/mol. The normalized spacial score (nSPS) is 17.4. The second kappa shape index (κ2) is 5.68. The van der Waals surface area contributed by atoms with Crippen molar-refractivity contribution in [2.75, 3.05) is 20.1 Å². The highest BCUT2D eigenvalue weighted by Gasteiger charge is 2.22. The van der Waals surface area contributed by atoms with E-state index in [0.717, 1.165) is 12.2 Å². The number of benzene rings is 1. The maximum Gasteiger partial charge on any atom is 0.221 e. The molecular formula is C13H18N2O2. The van der Waals surface area contributed by atoms with Gasteiger partial charge in [0.2, 0.25) is 5.91 Å². The summed E-state index contributed by atoms with van der Waals surface area (Å²) in [6.07, 6.45) is 1.46. The largest absolute Gasteiger partial charge is 0.488 e. The fourth-order valence-corrected chi connectivity index (χ4v) is 1.92. The fraction of sp³-hybridized carbons (Fsp3) is 0.462. The maximum absolute atomic E-state index is 11.4. The van der Waals surface area contributed by atoms with Crippen molar-refractivity contribution < 1.29 is 9.53 Å². The molecule has 4 heteroatoms. The van der Waals surface area contributed by atoms with Crippen LogP contribution in [-0.4, -0.2) is 32.1 Å². The number of rotatable bonds is 5. The summed E-state index contributed by atoms with van der Waals surface area (Å²) in [6, 6.07) is 8.01. The lowest BCUT2D eigenvalue weighted by Gasteiger charge is -2.11. The van der Waals surface area contributed by atoms with Crippen LogP contribution in [0, 0.1) is 0 Å². The van der Waals surface area contributed by atoms with E-state index in [2.05, 4.69) is 16.7 Å². The topological polar surface area (TPSA) is 50.4 Å². The zero-order chi connectivity index (χ0) is 12.1. The van der Waals surface area contributed by atoms with E-state index in [-0.39, 0.29) is 12.0 Å². The molecule has 0 bridgehead atoms. The first-order valence-corrected chi connectivity index (χ1v) is 5.95. The summed E-state index contributed by atoms with van der Waals surface area (Å²) in [5, 5.41) is 5.84. The first kappa shape index (κ1) is 11.9. The van der Waals surface area contributed by atoms with Crippen molar-refractivity contribution in [1.82, 2.24) is 10.6 Å². The predicted molar refractivity (Wildman–Crippen MR) is 66.1 cm³/mol. The van der Waals surface area contributed by atoms with Crippen LogP contribution in [0.25, 0.3) is 0 Å². The molecule has 4 nitrogen and oxygen atoms in total. The van der Waals surface area contributed by atoms with Crippen LogP contribution in [0.15, 0.2) is 24.3 Å². The summed E-state index contributed by atoms with van der Waals surface area (Å²) in [6.45, 7) is 1.29. The summed E-state index contributed by atoms with van der Waals surface area (Å²) >= 11 is 0. The molecule has 1 aliphatic rings. The Kier molecular flexibility index (Phi) is 3.98. The van der Waals surface area contributed by atoms with Crippen LogP contribution in [0.5, 0.6) is 5.75 Å². The summed E-state index contributed by atoms with van der Waals surface area (Å²) in [7, 11) is 1.84. The number of nitrogens with one attached hydrogen (secondary N) is 2. The molecule has 1 aromatic carbocycles. The molecule has 0 aromatic heterocycles. The number of para-hydroxylation sites is 1. The quantitative estimate of drug-likeness (QED) is 0.789. The number of amides is 1. The van der Waals surface area contributed by atoms with E-state index >= 15 is 0 Å². The highest BCUT2D eigenvalue weighted by molar-refractivity contribution is 5.76. The average Bonchev–Trinajstić information content (AvgIpc) is 2.76. The van der Waals surface area contributed by atoms with E-state index in [1.54, 1.807) is 0 Å². The fourth-order valence-electron chi connectivity index (χ4n) is 1.92. The predicted octanol–water partition coefficient (Wildman–Crippen LogP) is 0.716. The van der Waals surface area contributed by atoms with E-state index < -0.39 is 0 Å². The molecule has 17 heavy (non-hydrogen) atoms. The van der Waals surface area contributed by atoms with Gasteiger partial charge in [-0.1, -0.05) is 18.2 Å². The van der Waals surface area contributed by atoms with Gasteiger partial charge in [0.15, 0.2) is 0 Å². The Balaban J connectivity index is 1.75. The SMILES string of the molecule is CNCCC(=O)NCC1Cc2ccccc2O1. The first-order chi connectivity index (χ1) is 8.29. The van der Waals surface area contributed by atoms with Crippen LogP contribution < -0.4 is 15.4 Å². The van der Waals surface area contributed by atoms with E-state index in [4.69, 9.17) is 4.74 Å². The van der Waals surface area contributed by atoms with Gasteiger partial charge < -0.3 is 15.4 Å². The van der Waals surface area contributed by atoms with Crippen LogP contribution >= 0.6 is 0 Å². The lowest BCUT2D eigenvalue weighted by atomic mass is 10.1. The summed E-state index contributed by atoms with van der Waals surface area (Å²) in [5.41, 5.74) is 1.22. The Morgan fingerprint density at radius 1 is 1.47 bits per heavy atom. The van der Waals surface area contributed by atoms with Gasteiger partial charge in [0, 0.05) is 19.4 Å². The molecule has 1 amide bonds. The Morgan fingerprint density at radius 3 is 3.06 bits per heavy atom. The molecule has 1 aliphatic heterocycles. The molecule has 2 rings (SSSR count). The van der Waals surface area contributed by atoms with E-state index in [0.29, 0.717) is 19.5 Å². The number of hydrogen-bond donors (Lipinski definition) is 2. The van der Waals surface area contributed by atoms with Crippen LogP contribution in [0.4, 0.5) is 0 Å². The smallest absolute Gasteiger partial charge is 0.221 e. The Morgan fingerprint density at radius 2 is 2.29 bits per heavy atom.